The van der Waals surface area contributed by atoms with Gasteiger partial charge in [0.2, 0.25) is 10.0 Å². The maximum absolute atomic E-state index is 11.9. The van der Waals surface area contributed by atoms with E-state index in [1.807, 2.05) is 14.0 Å². The fourth-order valence-electron chi connectivity index (χ4n) is 1.31. The summed E-state index contributed by atoms with van der Waals surface area (Å²) in [5.74, 6) is 0.242. The van der Waals surface area contributed by atoms with Gasteiger partial charge in [-0.05, 0) is 38.1 Å². The molecule has 0 aliphatic rings. The van der Waals surface area contributed by atoms with E-state index in [0.29, 0.717) is 10.9 Å². The van der Waals surface area contributed by atoms with Gasteiger partial charge in [0.25, 0.3) is 0 Å². The van der Waals surface area contributed by atoms with Gasteiger partial charge in [0.1, 0.15) is 4.21 Å². The van der Waals surface area contributed by atoms with Crippen LogP contribution in [-0.4, -0.2) is 28.6 Å². The van der Waals surface area contributed by atoms with Crippen molar-refractivity contribution in [2.45, 2.75) is 18.1 Å². The van der Waals surface area contributed by atoms with E-state index >= 15 is 0 Å². The first-order valence-corrected chi connectivity index (χ1v) is 7.94. The Morgan fingerprint density at radius 1 is 1.47 bits per heavy atom. The fourth-order valence-corrected chi connectivity index (χ4v) is 4.23. The van der Waals surface area contributed by atoms with Crippen LogP contribution in [0.2, 0.25) is 4.34 Å². The van der Waals surface area contributed by atoms with Crippen molar-refractivity contribution in [1.82, 2.24) is 10.0 Å². The van der Waals surface area contributed by atoms with Crippen LogP contribution in [0.3, 0.4) is 0 Å². The summed E-state index contributed by atoms with van der Waals surface area (Å²) in [5, 5.41) is 3.00. The molecule has 0 amide bonds. The molecule has 2 N–H and O–H groups in total. The molecule has 0 saturated heterocycles. The van der Waals surface area contributed by atoms with Crippen molar-refractivity contribution in [3.05, 3.63) is 16.0 Å². The minimum absolute atomic E-state index is 0.242. The van der Waals surface area contributed by atoms with Gasteiger partial charge in [0.15, 0.2) is 0 Å². The first-order valence-electron chi connectivity index (χ1n) is 5.27. The van der Waals surface area contributed by atoms with Crippen LogP contribution in [-0.2, 0) is 10.0 Å². The van der Waals surface area contributed by atoms with Crippen molar-refractivity contribution in [2.75, 3.05) is 20.1 Å². The van der Waals surface area contributed by atoms with Gasteiger partial charge in [0, 0.05) is 6.54 Å². The average Bonchev–Trinajstić information content (AvgIpc) is 2.58. The van der Waals surface area contributed by atoms with Gasteiger partial charge in [-0.25, -0.2) is 13.1 Å². The standard InChI is InChI=1S/C10H17ClN2O2S2/c1-7(5-12-3)6-13-17(14,15)9-4-8(2)10(11)16-9/h4,7,12-13H,5-6H2,1-3H3. The lowest BCUT2D eigenvalue weighted by Crippen LogP contribution is -2.31. The Morgan fingerprint density at radius 2 is 2.12 bits per heavy atom. The summed E-state index contributed by atoms with van der Waals surface area (Å²) in [5.41, 5.74) is 0.792. The zero-order valence-electron chi connectivity index (χ0n) is 10.1. The van der Waals surface area contributed by atoms with E-state index in [0.717, 1.165) is 23.4 Å². The third-order valence-electron chi connectivity index (χ3n) is 2.27. The Morgan fingerprint density at radius 3 is 2.59 bits per heavy atom. The molecule has 0 spiro atoms. The van der Waals surface area contributed by atoms with E-state index in [4.69, 9.17) is 11.6 Å². The highest BCUT2D eigenvalue weighted by Gasteiger charge is 2.18. The monoisotopic (exact) mass is 296 g/mol. The number of rotatable bonds is 6. The van der Waals surface area contributed by atoms with Crippen molar-refractivity contribution in [1.29, 1.82) is 0 Å². The zero-order chi connectivity index (χ0) is 13.1. The second-order valence-electron chi connectivity index (χ2n) is 4.04. The minimum Gasteiger partial charge on any atom is -0.319 e. The van der Waals surface area contributed by atoms with E-state index in [9.17, 15) is 8.42 Å². The first-order chi connectivity index (χ1) is 7.86. The van der Waals surface area contributed by atoms with Crippen LogP contribution < -0.4 is 10.0 Å². The lowest BCUT2D eigenvalue weighted by molar-refractivity contribution is 0.519. The lowest BCUT2D eigenvalue weighted by atomic mass is 10.2. The molecule has 0 saturated carbocycles. The Bertz CT molecular complexity index is 451. The minimum atomic E-state index is -3.42. The number of aryl methyl sites for hydroxylation is 1. The molecule has 0 fully saturated rings. The Labute approximate surface area is 111 Å². The Kier molecular flexibility index (Phi) is 5.40. The van der Waals surface area contributed by atoms with E-state index in [-0.39, 0.29) is 10.1 Å². The second kappa shape index (κ2) is 6.15. The van der Waals surface area contributed by atoms with Crippen molar-refractivity contribution < 1.29 is 8.42 Å². The van der Waals surface area contributed by atoms with Crippen molar-refractivity contribution in [3.8, 4) is 0 Å². The van der Waals surface area contributed by atoms with E-state index in [2.05, 4.69) is 10.0 Å². The van der Waals surface area contributed by atoms with Crippen LogP contribution in [0.25, 0.3) is 0 Å². The quantitative estimate of drug-likeness (QED) is 0.842. The highest BCUT2D eigenvalue weighted by molar-refractivity contribution is 7.91. The Hall–Kier alpha value is -0.140. The summed E-state index contributed by atoms with van der Waals surface area (Å²) >= 11 is 6.95. The maximum Gasteiger partial charge on any atom is 0.250 e. The zero-order valence-corrected chi connectivity index (χ0v) is 12.5. The number of sulfonamides is 1. The molecule has 1 aromatic heterocycles. The molecule has 0 radical (unpaired) electrons. The normalized spacial score (nSPS) is 13.9. The van der Waals surface area contributed by atoms with Crippen LogP contribution in [0.4, 0.5) is 0 Å². The van der Waals surface area contributed by atoms with E-state index < -0.39 is 10.0 Å². The summed E-state index contributed by atoms with van der Waals surface area (Å²) in [6, 6.07) is 1.60. The molecule has 17 heavy (non-hydrogen) atoms. The van der Waals surface area contributed by atoms with Gasteiger partial charge >= 0.3 is 0 Å². The van der Waals surface area contributed by atoms with E-state index in [1.54, 1.807) is 13.0 Å². The van der Waals surface area contributed by atoms with E-state index in [1.165, 1.54) is 0 Å². The third kappa shape index (κ3) is 4.22. The van der Waals surface area contributed by atoms with Crippen LogP contribution in [0.15, 0.2) is 10.3 Å². The summed E-state index contributed by atoms with van der Waals surface area (Å²) in [6.45, 7) is 4.96. The molecular formula is C10H17ClN2O2S2. The Balaban J connectivity index is 2.69. The molecule has 0 aromatic carbocycles. The van der Waals surface area contributed by atoms with Crippen LogP contribution in [0, 0.1) is 12.8 Å². The van der Waals surface area contributed by atoms with Crippen molar-refractivity contribution in [2.24, 2.45) is 5.92 Å². The summed E-state index contributed by atoms with van der Waals surface area (Å²) in [7, 11) is -1.58. The fraction of sp³-hybridized carbons (Fsp3) is 0.600. The van der Waals surface area contributed by atoms with Gasteiger partial charge in [0.05, 0.1) is 4.34 Å². The summed E-state index contributed by atoms with van der Waals surface area (Å²) in [4.78, 5) is 0. The third-order valence-corrected chi connectivity index (χ3v) is 5.73. The average molecular weight is 297 g/mol. The molecule has 0 bridgehead atoms. The second-order valence-corrected chi connectivity index (χ2v) is 7.68. The molecule has 1 atom stereocenters. The van der Waals surface area contributed by atoms with Gasteiger partial charge in [-0.2, -0.15) is 0 Å². The van der Waals surface area contributed by atoms with Crippen LogP contribution in [0.1, 0.15) is 12.5 Å². The van der Waals surface area contributed by atoms with Gasteiger partial charge in [-0.3, -0.25) is 0 Å². The first kappa shape index (κ1) is 14.9. The van der Waals surface area contributed by atoms with Crippen molar-refractivity contribution in [3.63, 3.8) is 0 Å². The van der Waals surface area contributed by atoms with Crippen LogP contribution >= 0.6 is 22.9 Å². The smallest absolute Gasteiger partial charge is 0.250 e. The molecule has 1 unspecified atom stereocenters. The number of halogens is 1. The maximum atomic E-state index is 11.9. The largest absolute Gasteiger partial charge is 0.319 e. The predicted molar refractivity (Wildman–Crippen MR) is 72.3 cm³/mol. The molecule has 1 rings (SSSR count). The van der Waals surface area contributed by atoms with Gasteiger partial charge < -0.3 is 5.32 Å². The molecule has 0 aliphatic heterocycles. The van der Waals surface area contributed by atoms with Crippen molar-refractivity contribution >= 4 is 33.0 Å². The molecule has 98 valence electrons. The highest BCUT2D eigenvalue weighted by atomic mass is 35.5. The SMILES string of the molecule is CNCC(C)CNS(=O)(=O)c1cc(C)c(Cl)s1. The molecule has 1 heterocycles. The molecular weight excluding hydrogens is 280 g/mol. The topological polar surface area (TPSA) is 58.2 Å². The van der Waals surface area contributed by atoms with Crippen LogP contribution in [0.5, 0.6) is 0 Å². The summed E-state index contributed by atoms with van der Waals surface area (Å²) < 4.78 is 27.2. The lowest BCUT2D eigenvalue weighted by Gasteiger charge is -2.11. The number of nitrogens with one attached hydrogen (secondary N) is 2. The number of hydrogen-bond donors (Lipinski definition) is 2. The number of thiophene rings is 1. The summed E-state index contributed by atoms with van der Waals surface area (Å²) in [6.07, 6.45) is 0. The van der Waals surface area contributed by atoms with Gasteiger partial charge in [-0.1, -0.05) is 18.5 Å². The molecule has 0 aliphatic carbocycles. The molecule has 7 heteroatoms. The number of hydrogen-bond acceptors (Lipinski definition) is 4. The predicted octanol–water partition coefficient (Wildman–Crippen LogP) is 1.84. The highest BCUT2D eigenvalue weighted by Crippen LogP contribution is 2.29. The van der Waals surface area contributed by atoms with Gasteiger partial charge in [-0.15, -0.1) is 11.3 Å². The molecule has 1 aromatic rings. The molecule has 4 nitrogen and oxygen atoms in total.